The predicted octanol–water partition coefficient (Wildman–Crippen LogP) is 8.25. The van der Waals surface area contributed by atoms with Gasteiger partial charge in [-0.05, 0) is 65.7 Å². The summed E-state index contributed by atoms with van der Waals surface area (Å²) in [6.45, 7) is 8.98. The van der Waals surface area contributed by atoms with E-state index in [1.165, 1.54) is 37.2 Å². The molecule has 0 amide bonds. The summed E-state index contributed by atoms with van der Waals surface area (Å²) in [5.41, 5.74) is -0.903. The molecule has 2 aliphatic rings. The van der Waals surface area contributed by atoms with Gasteiger partial charge in [0.1, 0.15) is 5.60 Å². The fourth-order valence-corrected chi connectivity index (χ4v) is 10.2. The van der Waals surface area contributed by atoms with E-state index in [0.29, 0.717) is 38.9 Å². The number of hydrogen-bond donors (Lipinski definition) is 0. The highest BCUT2D eigenvalue weighted by atomic mass is 33.1. The van der Waals surface area contributed by atoms with E-state index in [9.17, 15) is 9.59 Å². The molecule has 0 aromatic rings. The van der Waals surface area contributed by atoms with Crippen LogP contribution in [0, 0.1) is 0 Å². The minimum Gasteiger partial charge on any atom is -0.466 e. The third-order valence-electron chi connectivity index (χ3n) is 6.97. The van der Waals surface area contributed by atoms with Gasteiger partial charge in [0, 0.05) is 47.7 Å². The predicted molar refractivity (Wildman–Crippen MR) is 159 cm³/mol. The molecule has 2 aliphatic heterocycles. The van der Waals surface area contributed by atoms with Gasteiger partial charge in [0.2, 0.25) is 0 Å². The first-order valence-corrected chi connectivity index (χ1v) is 18.6. The Balaban J connectivity index is 1.53. The molecule has 3 unspecified atom stereocenters. The van der Waals surface area contributed by atoms with E-state index in [1.54, 1.807) is 0 Å². The Morgan fingerprint density at radius 3 is 1.92 bits per heavy atom. The lowest BCUT2D eigenvalue weighted by Gasteiger charge is -2.31. The minimum absolute atomic E-state index is 0.0974. The zero-order chi connectivity index (χ0) is 26.3. The van der Waals surface area contributed by atoms with Crippen LogP contribution in [0.3, 0.4) is 0 Å². The van der Waals surface area contributed by atoms with E-state index in [-0.39, 0.29) is 11.9 Å². The first-order chi connectivity index (χ1) is 17.2. The Labute approximate surface area is 235 Å². The SMILES string of the molecule is CCC(C)(CCOC(C)(C)CCOC(=O)CCCCC1CCSS1)OC(=O)CCCCC1CCSS1. The molecule has 0 radical (unpaired) electrons. The van der Waals surface area contributed by atoms with Crippen LogP contribution in [0.2, 0.25) is 0 Å². The lowest BCUT2D eigenvalue weighted by Crippen LogP contribution is -2.35. The maximum atomic E-state index is 12.4. The molecule has 2 fully saturated rings. The van der Waals surface area contributed by atoms with Crippen molar-refractivity contribution in [1.29, 1.82) is 0 Å². The van der Waals surface area contributed by atoms with E-state index < -0.39 is 11.2 Å². The molecule has 0 aromatic heterocycles. The standard InChI is InChI=1S/C27H48O5S4/c1-5-27(4,32-25(29)13-9-7-11-23-15-21-34-36-23)17-19-31-26(2,3)16-18-30-24(28)12-8-6-10-22-14-20-33-35-22/h22-23H,5-21H2,1-4H3. The Bertz CT molecular complexity index is 636. The summed E-state index contributed by atoms with van der Waals surface area (Å²) in [5.74, 6) is 2.32. The van der Waals surface area contributed by atoms with Crippen LogP contribution in [0.15, 0.2) is 0 Å². The molecule has 5 nitrogen and oxygen atoms in total. The molecular weight excluding hydrogens is 533 g/mol. The van der Waals surface area contributed by atoms with Crippen LogP contribution in [0.4, 0.5) is 0 Å². The van der Waals surface area contributed by atoms with Crippen molar-refractivity contribution in [2.75, 3.05) is 24.7 Å². The topological polar surface area (TPSA) is 61.8 Å². The fraction of sp³-hybridized carbons (Fsp3) is 0.926. The highest BCUT2D eigenvalue weighted by Gasteiger charge is 2.28. The van der Waals surface area contributed by atoms with Crippen molar-refractivity contribution in [3.63, 3.8) is 0 Å². The number of unbranched alkanes of at least 4 members (excludes halogenated alkanes) is 2. The van der Waals surface area contributed by atoms with Gasteiger partial charge in [-0.25, -0.2) is 0 Å². The van der Waals surface area contributed by atoms with E-state index in [1.807, 2.05) is 63.9 Å². The van der Waals surface area contributed by atoms with Crippen LogP contribution in [-0.4, -0.2) is 58.4 Å². The van der Waals surface area contributed by atoms with Crippen LogP contribution in [-0.2, 0) is 23.8 Å². The quantitative estimate of drug-likeness (QED) is 0.0853. The maximum absolute atomic E-state index is 12.4. The lowest BCUT2D eigenvalue weighted by atomic mass is 9.98. The third-order valence-corrected chi connectivity index (χ3v) is 13.0. The first-order valence-electron chi connectivity index (χ1n) is 13.8. The molecule has 36 heavy (non-hydrogen) atoms. The molecule has 2 saturated heterocycles. The number of esters is 2. The summed E-state index contributed by atoms with van der Waals surface area (Å²) in [5, 5.41) is 1.53. The summed E-state index contributed by atoms with van der Waals surface area (Å²) in [4.78, 5) is 24.5. The maximum Gasteiger partial charge on any atom is 0.306 e. The van der Waals surface area contributed by atoms with Gasteiger partial charge in [-0.2, -0.15) is 0 Å². The highest BCUT2D eigenvalue weighted by molar-refractivity contribution is 8.77. The van der Waals surface area contributed by atoms with Crippen molar-refractivity contribution < 1.29 is 23.8 Å². The van der Waals surface area contributed by atoms with Crippen LogP contribution < -0.4 is 0 Å². The largest absolute Gasteiger partial charge is 0.466 e. The van der Waals surface area contributed by atoms with E-state index >= 15 is 0 Å². The lowest BCUT2D eigenvalue weighted by molar-refractivity contribution is -0.161. The van der Waals surface area contributed by atoms with Gasteiger partial charge in [-0.3, -0.25) is 9.59 Å². The molecule has 9 heteroatoms. The zero-order valence-corrected chi connectivity index (χ0v) is 26.1. The molecule has 0 aromatic carbocycles. The highest BCUT2D eigenvalue weighted by Crippen LogP contribution is 2.40. The minimum atomic E-state index is -0.507. The molecule has 0 N–H and O–H groups in total. The van der Waals surface area contributed by atoms with Crippen molar-refractivity contribution in [3.8, 4) is 0 Å². The van der Waals surface area contributed by atoms with Crippen LogP contribution in [0.25, 0.3) is 0 Å². The Kier molecular flexibility index (Phi) is 16.1. The van der Waals surface area contributed by atoms with Crippen molar-refractivity contribution in [1.82, 2.24) is 0 Å². The van der Waals surface area contributed by atoms with Gasteiger partial charge in [-0.15, -0.1) is 0 Å². The molecule has 2 heterocycles. The molecular formula is C27H48O5S4. The van der Waals surface area contributed by atoms with Crippen LogP contribution in [0.5, 0.6) is 0 Å². The smallest absolute Gasteiger partial charge is 0.306 e. The van der Waals surface area contributed by atoms with Crippen LogP contribution >= 0.6 is 43.2 Å². The summed E-state index contributed by atoms with van der Waals surface area (Å²) in [6.07, 6.45) is 12.1. The average Bonchev–Trinajstić information content (AvgIpc) is 3.54. The van der Waals surface area contributed by atoms with Gasteiger partial charge < -0.3 is 14.2 Å². The first kappa shape index (κ1) is 32.5. The van der Waals surface area contributed by atoms with Gasteiger partial charge in [-0.1, -0.05) is 62.9 Å². The second-order valence-electron chi connectivity index (χ2n) is 10.8. The number of hydrogen-bond acceptors (Lipinski definition) is 9. The molecule has 210 valence electrons. The van der Waals surface area contributed by atoms with Crippen molar-refractivity contribution in [2.24, 2.45) is 0 Å². The third kappa shape index (κ3) is 14.5. The normalized spacial score (nSPS) is 21.9. The second kappa shape index (κ2) is 17.8. The summed E-state index contributed by atoms with van der Waals surface area (Å²) in [6, 6.07) is 0. The van der Waals surface area contributed by atoms with Crippen molar-refractivity contribution in [3.05, 3.63) is 0 Å². The van der Waals surface area contributed by atoms with Crippen molar-refractivity contribution >= 4 is 55.1 Å². The van der Waals surface area contributed by atoms with Gasteiger partial charge in [0.15, 0.2) is 0 Å². The van der Waals surface area contributed by atoms with Gasteiger partial charge >= 0.3 is 11.9 Å². The van der Waals surface area contributed by atoms with Crippen LogP contribution in [0.1, 0.15) is 111 Å². The molecule has 2 rings (SSSR count). The zero-order valence-electron chi connectivity index (χ0n) is 22.8. The van der Waals surface area contributed by atoms with E-state index in [4.69, 9.17) is 14.2 Å². The number of carbonyl (C=O) groups excluding carboxylic acids is 2. The summed E-state index contributed by atoms with van der Waals surface area (Å²) < 4.78 is 17.4. The summed E-state index contributed by atoms with van der Waals surface area (Å²) >= 11 is 0. The number of rotatable bonds is 19. The Morgan fingerprint density at radius 1 is 0.806 bits per heavy atom. The monoisotopic (exact) mass is 580 g/mol. The molecule has 0 spiro atoms. The molecule has 0 bridgehead atoms. The van der Waals surface area contributed by atoms with E-state index in [2.05, 4.69) is 6.92 Å². The molecule has 3 atom stereocenters. The number of ether oxygens (including phenoxy) is 3. The van der Waals surface area contributed by atoms with E-state index in [0.717, 1.165) is 42.6 Å². The Hall–Kier alpha value is 0.300. The number of carbonyl (C=O) groups is 2. The molecule has 0 aliphatic carbocycles. The van der Waals surface area contributed by atoms with Gasteiger partial charge in [0.05, 0.1) is 18.8 Å². The summed E-state index contributed by atoms with van der Waals surface area (Å²) in [7, 11) is 7.93. The van der Waals surface area contributed by atoms with Gasteiger partial charge in [0.25, 0.3) is 0 Å². The Morgan fingerprint density at radius 2 is 1.39 bits per heavy atom. The molecule has 0 saturated carbocycles. The second-order valence-corrected chi connectivity index (χ2v) is 16.3. The van der Waals surface area contributed by atoms with Crippen molar-refractivity contribution in [2.45, 2.75) is 133 Å². The average molecular weight is 581 g/mol. The fourth-order valence-electron chi connectivity index (χ4n) is 4.14.